The summed E-state index contributed by atoms with van der Waals surface area (Å²) in [6.07, 6.45) is -10.6. The minimum absolute atomic E-state index is 0.463. The molecule has 0 radical (unpaired) electrons. The SMILES string of the molecule is O=C(OSSOC(=O)C(F)(F)F)C(F)(F)F. The fourth-order valence-corrected chi connectivity index (χ4v) is 1.09. The smallest absolute Gasteiger partial charge is 0.369 e. The highest BCUT2D eigenvalue weighted by atomic mass is 33.1. The monoisotopic (exact) mass is 290 g/mol. The lowest BCUT2D eigenvalue weighted by Gasteiger charge is -2.05. The zero-order valence-electron chi connectivity index (χ0n) is 6.72. The number of carbonyl (C=O) groups is 2. The molecule has 94 valence electrons. The summed E-state index contributed by atoms with van der Waals surface area (Å²) in [7, 11) is 0. The molecule has 0 bridgehead atoms. The van der Waals surface area contributed by atoms with Crippen molar-refractivity contribution in [3.63, 3.8) is 0 Å². The van der Waals surface area contributed by atoms with Gasteiger partial charge >= 0.3 is 24.3 Å². The summed E-state index contributed by atoms with van der Waals surface area (Å²) in [6.45, 7) is 0. The molecule has 0 aliphatic rings. The van der Waals surface area contributed by atoms with E-state index in [-0.39, 0.29) is 0 Å². The van der Waals surface area contributed by atoms with Crippen LogP contribution in [0.5, 0.6) is 0 Å². The van der Waals surface area contributed by atoms with Crippen LogP contribution in [0.3, 0.4) is 0 Å². The second-order valence-electron chi connectivity index (χ2n) is 1.87. The maximum atomic E-state index is 11.4. The minimum atomic E-state index is -5.28. The van der Waals surface area contributed by atoms with Gasteiger partial charge in [-0.3, -0.25) is 0 Å². The number of rotatable bonds is 3. The van der Waals surface area contributed by atoms with Crippen molar-refractivity contribution in [2.75, 3.05) is 0 Å². The average Bonchev–Trinajstić information content (AvgIpc) is 2.08. The topological polar surface area (TPSA) is 52.6 Å². The van der Waals surface area contributed by atoms with Crippen LogP contribution in [0.4, 0.5) is 26.3 Å². The molecule has 0 N–H and O–H groups in total. The molecule has 12 heteroatoms. The highest BCUT2D eigenvalue weighted by Crippen LogP contribution is 2.30. The van der Waals surface area contributed by atoms with E-state index in [0.717, 1.165) is 0 Å². The summed E-state index contributed by atoms with van der Waals surface area (Å²) in [5.74, 6) is -5.26. The third kappa shape index (κ3) is 5.95. The zero-order chi connectivity index (χ0) is 13.0. The molecule has 0 fully saturated rings. The van der Waals surface area contributed by atoms with Crippen LogP contribution in [0.15, 0.2) is 0 Å². The van der Waals surface area contributed by atoms with Gasteiger partial charge in [-0.25, -0.2) is 9.59 Å². The highest BCUT2D eigenvalue weighted by molar-refractivity contribution is 8.73. The van der Waals surface area contributed by atoms with Gasteiger partial charge in [0.2, 0.25) is 0 Å². The molecular formula is C4F6O4S2. The Morgan fingerprint density at radius 1 is 0.750 bits per heavy atom. The Kier molecular flexibility index (Phi) is 5.25. The van der Waals surface area contributed by atoms with E-state index < -0.39 is 46.4 Å². The summed E-state index contributed by atoms with van der Waals surface area (Å²) in [5.41, 5.74) is 0. The number of hydrogen-bond acceptors (Lipinski definition) is 6. The van der Waals surface area contributed by atoms with Gasteiger partial charge in [0.15, 0.2) is 22.1 Å². The molecule has 0 atom stereocenters. The van der Waals surface area contributed by atoms with Gasteiger partial charge in [-0.1, -0.05) is 0 Å². The maximum Gasteiger partial charge on any atom is 0.492 e. The molecule has 0 aromatic carbocycles. The van der Waals surface area contributed by atoms with Crippen molar-refractivity contribution in [1.29, 1.82) is 0 Å². The Morgan fingerprint density at radius 3 is 1.19 bits per heavy atom. The van der Waals surface area contributed by atoms with Gasteiger partial charge < -0.3 is 8.37 Å². The fraction of sp³-hybridized carbons (Fsp3) is 0.500. The van der Waals surface area contributed by atoms with E-state index in [1.807, 2.05) is 0 Å². The summed E-state index contributed by atoms with van der Waals surface area (Å²) in [5, 5.41) is 0. The number of carbonyl (C=O) groups excluding carboxylic acids is 2. The number of hydrogen-bond donors (Lipinski definition) is 0. The zero-order valence-corrected chi connectivity index (χ0v) is 8.35. The van der Waals surface area contributed by atoms with Crippen molar-refractivity contribution in [3.8, 4) is 0 Å². The van der Waals surface area contributed by atoms with Gasteiger partial charge in [-0.15, -0.1) is 0 Å². The Labute approximate surface area is 91.4 Å². The third-order valence-corrected chi connectivity index (χ3v) is 1.78. The summed E-state index contributed by atoms with van der Waals surface area (Å²) in [6, 6.07) is 0. The van der Waals surface area contributed by atoms with E-state index in [1.54, 1.807) is 0 Å². The molecular weight excluding hydrogens is 290 g/mol. The van der Waals surface area contributed by atoms with Gasteiger partial charge in [0.25, 0.3) is 0 Å². The summed E-state index contributed by atoms with van der Waals surface area (Å²) in [4.78, 5) is 19.9. The van der Waals surface area contributed by atoms with Gasteiger partial charge in [0, 0.05) is 0 Å². The van der Waals surface area contributed by atoms with Crippen molar-refractivity contribution >= 4 is 34.1 Å². The molecule has 0 aromatic heterocycles. The summed E-state index contributed by atoms with van der Waals surface area (Å²) < 4.78 is 75.3. The van der Waals surface area contributed by atoms with Crippen LogP contribution >= 0.6 is 22.1 Å². The van der Waals surface area contributed by atoms with Crippen LogP contribution in [-0.4, -0.2) is 24.3 Å². The first-order valence-electron chi connectivity index (χ1n) is 2.95. The van der Waals surface area contributed by atoms with Crippen LogP contribution in [-0.2, 0) is 18.0 Å². The van der Waals surface area contributed by atoms with E-state index >= 15 is 0 Å². The molecule has 0 aliphatic carbocycles. The van der Waals surface area contributed by atoms with Crippen LogP contribution in [0.25, 0.3) is 0 Å². The molecule has 0 unspecified atom stereocenters. The Hall–Kier alpha value is -0.780. The lowest BCUT2D eigenvalue weighted by atomic mass is 10.7. The van der Waals surface area contributed by atoms with Crippen LogP contribution < -0.4 is 0 Å². The first-order valence-corrected chi connectivity index (χ1v) is 4.95. The molecule has 0 heterocycles. The molecule has 0 saturated carbocycles. The molecule has 0 rings (SSSR count). The normalized spacial score (nSPS) is 12.1. The Morgan fingerprint density at radius 2 is 1.00 bits per heavy atom. The van der Waals surface area contributed by atoms with Crippen molar-refractivity contribution in [3.05, 3.63) is 0 Å². The number of halogens is 6. The van der Waals surface area contributed by atoms with Crippen molar-refractivity contribution in [2.24, 2.45) is 0 Å². The molecule has 4 nitrogen and oxygen atoms in total. The van der Waals surface area contributed by atoms with Crippen molar-refractivity contribution in [1.82, 2.24) is 0 Å². The van der Waals surface area contributed by atoms with Crippen LogP contribution in [0, 0.1) is 0 Å². The van der Waals surface area contributed by atoms with E-state index in [9.17, 15) is 35.9 Å². The molecule has 0 aromatic rings. The Bertz CT molecular complexity index is 245. The quantitative estimate of drug-likeness (QED) is 0.344. The van der Waals surface area contributed by atoms with Crippen LogP contribution in [0.1, 0.15) is 0 Å². The van der Waals surface area contributed by atoms with Gasteiger partial charge in [0.05, 0.1) is 0 Å². The first kappa shape index (κ1) is 15.2. The second kappa shape index (κ2) is 5.52. The molecule has 0 spiro atoms. The molecule has 0 aliphatic heterocycles. The van der Waals surface area contributed by atoms with E-state index in [1.165, 1.54) is 0 Å². The molecule has 0 amide bonds. The maximum absolute atomic E-state index is 11.4. The largest absolute Gasteiger partial charge is 0.492 e. The van der Waals surface area contributed by atoms with Crippen molar-refractivity contribution < 1.29 is 44.3 Å². The average molecular weight is 290 g/mol. The van der Waals surface area contributed by atoms with Gasteiger partial charge in [-0.2, -0.15) is 26.3 Å². The van der Waals surface area contributed by atoms with E-state index in [0.29, 0.717) is 0 Å². The predicted molar refractivity (Wildman–Crippen MR) is 39.5 cm³/mol. The lowest BCUT2D eigenvalue weighted by Crippen LogP contribution is -2.24. The lowest BCUT2D eigenvalue weighted by molar-refractivity contribution is -0.188. The third-order valence-electron chi connectivity index (χ3n) is 0.710. The Balaban J connectivity index is 3.79. The van der Waals surface area contributed by atoms with Crippen LogP contribution in [0.2, 0.25) is 0 Å². The standard InChI is InChI=1S/C4F6O4S2/c5-3(6,7)1(11)13-15-16-14-2(12)4(8,9)10. The van der Waals surface area contributed by atoms with E-state index in [4.69, 9.17) is 0 Å². The highest BCUT2D eigenvalue weighted by Gasteiger charge is 2.43. The summed E-state index contributed by atoms with van der Waals surface area (Å²) >= 11 is -0.927. The number of alkyl halides is 6. The molecule has 16 heavy (non-hydrogen) atoms. The fourth-order valence-electron chi connectivity index (χ4n) is 0.184. The minimum Gasteiger partial charge on any atom is -0.369 e. The van der Waals surface area contributed by atoms with E-state index in [2.05, 4.69) is 8.37 Å². The van der Waals surface area contributed by atoms with Gasteiger partial charge in [0.1, 0.15) is 0 Å². The van der Waals surface area contributed by atoms with Gasteiger partial charge in [-0.05, 0) is 0 Å². The predicted octanol–water partition coefficient (Wildman–Crippen LogP) is 2.41. The molecule has 0 saturated heterocycles. The first-order chi connectivity index (χ1) is 7.05. The van der Waals surface area contributed by atoms with Crippen molar-refractivity contribution in [2.45, 2.75) is 12.4 Å². The second-order valence-corrected chi connectivity index (χ2v) is 3.30.